The third-order valence-corrected chi connectivity index (χ3v) is 5.03. The second kappa shape index (κ2) is 15.7. The molecule has 0 spiro atoms. The molecule has 1 aromatic carbocycles. The van der Waals surface area contributed by atoms with Crippen molar-refractivity contribution in [3.63, 3.8) is 0 Å². The number of ether oxygens (including phenoxy) is 2. The Kier molecular flexibility index (Phi) is 12.9. The fourth-order valence-electron chi connectivity index (χ4n) is 3.36. The van der Waals surface area contributed by atoms with Gasteiger partial charge in [0.2, 0.25) is 0 Å². The molecule has 3 rings (SSSR count). The first-order valence-electron chi connectivity index (χ1n) is 11.0. The monoisotopic (exact) mass is 554 g/mol. The van der Waals surface area contributed by atoms with Gasteiger partial charge in [-0.1, -0.05) is 30.9 Å². The van der Waals surface area contributed by atoms with E-state index in [1.54, 1.807) is 12.3 Å². The van der Waals surface area contributed by atoms with E-state index in [-0.39, 0.29) is 24.0 Å². The minimum absolute atomic E-state index is 0. The Morgan fingerprint density at radius 2 is 1.94 bits per heavy atom. The van der Waals surface area contributed by atoms with E-state index in [0.29, 0.717) is 13.2 Å². The Labute approximate surface area is 208 Å². The van der Waals surface area contributed by atoms with Gasteiger partial charge in [0.25, 0.3) is 0 Å². The summed E-state index contributed by atoms with van der Waals surface area (Å²) in [7, 11) is 0. The summed E-state index contributed by atoms with van der Waals surface area (Å²) in [5.41, 5.74) is 1.05. The van der Waals surface area contributed by atoms with Gasteiger partial charge < -0.3 is 24.5 Å². The van der Waals surface area contributed by atoms with Crippen LogP contribution in [-0.2, 0) is 17.7 Å². The summed E-state index contributed by atoms with van der Waals surface area (Å²) in [5.74, 6) is 2.60. The molecule has 0 saturated carbocycles. The number of nitrogens with one attached hydrogen (secondary N) is 2. The average Bonchev–Trinajstić information content (AvgIpc) is 3.33. The van der Waals surface area contributed by atoms with Crippen LogP contribution in [0.15, 0.2) is 64.7 Å². The minimum Gasteiger partial charge on any atom is -0.489 e. The van der Waals surface area contributed by atoms with Gasteiger partial charge in [-0.05, 0) is 31.2 Å². The van der Waals surface area contributed by atoms with E-state index in [1.807, 2.05) is 36.4 Å². The van der Waals surface area contributed by atoms with Gasteiger partial charge in [-0.3, -0.25) is 4.90 Å². The zero-order valence-corrected chi connectivity index (χ0v) is 21.0. The summed E-state index contributed by atoms with van der Waals surface area (Å²) in [5, 5.41) is 6.88. The summed E-state index contributed by atoms with van der Waals surface area (Å²) in [6.07, 6.45) is 5.31. The molecule has 1 aliphatic heterocycles. The van der Waals surface area contributed by atoms with Gasteiger partial charge in [-0.25, -0.2) is 4.99 Å². The highest BCUT2D eigenvalue weighted by atomic mass is 127. The van der Waals surface area contributed by atoms with Crippen LogP contribution in [0.4, 0.5) is 0 Å². The van der Waals surface area contributed by atoms with Crippen LogP contribution >= 0.6 is 24.0 Å². The van der Waals surface area contributed by atoms with E-state index in [2.05, 4.69) is 22.1 Å². The molecule has 0 amide bonds. The highest BCUT2D eigenvalue weighted by Gasteiger charge is 2.09. The maximum Gasteiger partial charge on any atom is 0.191 e. The average molecular weight is 554 g/mol. The standard InChI is InChI=1S/C24H34N4O3.HI/c1-2-16-31-23-9-4-3-7-21(23)20-27-24(26-12-10-22-8-5-17-30-22)25-11-6-13-28-14-18-29-19-15-28;/h2-5,7-9,17H,1,6,10-16,18-20H2,(H2,25,26,27);1H. The van der Waals surface area contributed by atoms with Crippen molar-refractivity contribution in [2.24, 2.45) is 4.99 Å². The van der Waals surface area contributed by atoms with Gasteiger partial charge in [0.05, 0.1) is 26.0 Å². The van der Waals surface area contributed by atoms with Crippen molar-refractivity contribution >= 4 is 29.9 Å². The Hall–Kier alpha value is -2.04. The number of benzene rings is 1. The molecule has 176 valence electrons. The van der Waals surface area contributed by atoms with Crippen LogP contribution in [0.1, 0.15) is 17.7 Å². The molecule has 0 aliphatic carbocycles. The van der Waals surface area contributed by atoms with E-state index < -0.39 is 0 Å². The molecular formula is C24H35IN4O3. The van der Waals surface area contributed by atoms with Crippen LogP contribution in [0.25, 0.3) is 0 Å². The number of morpholine rings is 1. The SMILES string of the molecule is C=CCOc1ccccc1CN=C(NCCCN1CCOCC1)NCCc1ccco1.I. The van der Waals surface area contributed by atoms with Gasteiger partial charge in [0.15, 0.2) is 5.96 Å². The lowest BCUT2D eigenvalue weighted by Gasteiger charge is -2.26. The third-order valence-electron chi connectivity index (χ3n) is 5.03. The largest absolute Gasteiger partial charge is 0.489 e. The van der Waals surface area contributed by atoms with E-state index in [1.165, 1.54) is 0 Å². The number of rotatable bonds is 12. The zero-order chi connectivity index (χ0) is 21.6. The molecule has 32 heavy (non-hydrogen) atoms. The summed E-state index contributed by atoms with van der Waals surface area (Å²) in [4.78, 5) is 7.23. The third kappa shape index (κ3) is 9.62. The summed E-state index contributed by atoms with van der Waals surface area (Å²) in [6, 6.07) is 11.9. The normalized spacial score (nSPS) is 14.4. The van der Waals surface area contributed by atoms with Gasteiger partial charge >= 0.3 is 0 Å². The molecule has 0 unspecified atom stereocenters. The Morgan fingerprint density at radius 3 is 2.72 bits per heavy atom. The molecule has 1 aromatic heterocycles. The van der Waals surface area contributed by atoms with Crippen molar-refractivity contribution in [2.75, 3.05) is 52.5 Å². The molecule has 1 aliphatic rings. The number of hydrogen-bond donors (Lipinski definition) is 2. The van der Waals surface area contributed by atoms with Gasteiger partial charge in [0, 0.05) is 38.2 Å². The van der Waals surface area contributed by atoms with E-state index >= 15 is 0 Å². The Bertz CT molecular complexity index is 792. The summed E-state index contributed by atoms with van der Waals surface area (Å²) >= 11 is 0. The number of aliphatic imine (C=N–C) groups is 1. The topological polar surface area (TPSA) is 71.3 Å². The van der Waals surface area contributed by atoms with Crippen molar-refractivity contribution in [2.45, 2.75) is 19.4 Å². The summed E-state index contributed by atoms with van der Waals surface area (Å²) < 4.78 is 16.6. The van der Waals surface area contributed by atoms with Gasteiger partial charge in [0.1, 0.15) is 18.1 Å². The quantitative estimate of drug-likeness (QED) is 0.138. The number of guanidine groups is 1. The molecule has 0 bridgehead atoms. The lowest BCUT2D eigenvalue weighted by atomic mass is 10.2. The van der Waals surface area contributed by atoms with Crippen LogP contribution in [0.3, 0.4) is 0 Å². The van der Waals surface area contributed by atoms with Crippen molar-refractivity contribution in [3.8, 4) is 5.75 Å². The second-order valence-corrected chi connectivity index (χ2v) is 7.36. The van der Waals surface area contributed by atoms with Gasteiger partial charge in [-0.2, -0.15) is 0 Å². The Morgan fingerprint density at radius 1 is 1.12 bits per heavy atom. The number of hydrogen-bond acceptors (Lipinski definition) is 5. The predicted octanol–water partition coefficient (Wildman–Crippen LogP) is 3.46. The molecule has 1 saturated heterocycles. The van der Waals surface area contributed by atoms with Crippen molar-refractivity contribution < 1.29 is 13.9 Å². The zero-order valence-electron chi connectivity index (χ0n) is 18.6. The lowest BCUT2D eigenvalue weighted by molar-refractivity contribution is 0.0376. The fraction of sp³-hybridized carbons (Fsp3) is 0.458. The molecular weight excluding hydrogens is 519 g/mol. The maximum atomic E-state index is 5.76. The van der Waals surface area contributed by atoms with Gasteiger partial charge in [-0.15, -0.1) is 24.0 Å². The number of para-hydroxylation sites is 1. The first-order valence-corrected chi connectivity index (χ1v) is 11.0. The van der Waals surface area contributed by atoms with E-state index in [9.17, 15) is 0 Å². The molecule has 8 heteroatoms. The van der Waals surface area contributed by atoms with Crippen LogP contribution in [-0.4, -0.2) is 63.4 Å². The number of furan rings is 1. The molecule has 1 fully saturated rings. The second-order valence-electron chi connectivity index (χ2n) is 7.36. The smallest absolute Gasteiger partial charge is 0.191 e. The van der Waals surface area contributed by atoms with E-state index in [4.69, 9.17) is 18.9 Å². The molecule has 0 radical (unpaired) electrons. The predicted molar refractivity (Wildman–Crippen MR) is 139 cm³/mol. The Balaban J connectivity index is 0.00000363. The summed E-state index contributed by atoms with van der Waals surface area (Å²) in [6.45, 7) is 11.1. The minimum atomic E-state index is 0. The molecule has 2 aromatic rings. The maximum absolute atomic E-state index is 5.76. The first kappa shape index (κ1) is 26.2. The van der Waals surface area contributed by atoms with Crippen molar-refractivity contribution in [3.05, 3.63) is 66.6 Å². The number of halogens is 1. The van der Waals surface area contributed by atoms with Crippen molar-refractivity contribution in [1.29, 1.82) is 0 Å². The van der Waals surface area contributed by atoms with Crippen LogP contribution in [0, 0.1) is 0 Å². The molecule has 2 heterocycles. The first-order chi connectivity index (χ1) is 15.3. The fourth-order valence-corrected chi connectivity index (χ4v) is 3.36. The lowest BCUT2D eigenvalue weighted by Crippen LogP contribution is -2.41. The highest BCUT2D eigenvalue weighted by molar-refractivity contribution is 14.0. The van der Waals surface area contributed by atoms with Crippen molar-refractivity contribution in [1.82, 2.24) is 15.5 Å². The molecule has 2 N–H and O–H groups in total. The highest BCUT2D eigenvalue weighted by Crippen LogP contribution is 2.18. The van der Waals surface area contributed by atoms with Crippen LogP contribution in [0.5, 0.6) is 5.75 Å². The van der Waals surface area contributed by atoms with Crippen LogP contribution < -0.4 is 15.4 Å². The van der Waals surface area contributed by atoms with E-state index in [0.717, 1.165) is 81.8 Å². The number of nitrogens with zero attached hydrogens (tertiary/aromatic N) is 2. The molecule has 0 atom stereocenters. The van der Waals surface area contributed by atoms with Crippen LogP contribution in [0.2, 0.25) is 0 Å². The molecule has 7 nitrogen and oxygen atoms in total.